The van der Waals surface area contributed by atoms with Crippen molar-refractivity contribution in [3.05, 3.63) is 27.6 Å². The van der Waals surface area contributed by atoms with Gasteiger partial charge in [-0.15, -0.1) is 0 Å². The number of aromatic nitrogens is 2. The average molecular weight is 314 g/mol. The summed E-state index contributed by atoms with van der Waals surface area (Å²) in [6.45, 7) is 1.41. The Morgan fingerprint density at radius 3 is 2.84 bits per heavy atom. The van der Waals surface area contributed by atoms with Crippen LogP contribution in [0.25, 0.3) is 0 Å². The number of nitrogens with one attached hydrogen (secondary N) is 1. The van der Waals surface area contributed by atoms with E-state index in [1.807, 2.05) is 0 Å². The molecule has 0 saturated heterocycles. The zero-order chi connectivity index (χ0) is 13.8. The van der Waals surface area contributed by atoms with Gasteiger partial charge in [-0.2, -0.15) is 0 Å². The van der Waals surface area contributed by atoms with E-state index < -0.39 is 0 Å². The summed E-state index contributed by atoms with van der Waals surface area (Å²) in [5.74, 6) is 0.282. The first-order chi connectivity index (χ1) is 9.08. The summed E-state index contributed by atoms with van der Waals surface area (Å²) in [5, 5.41) is 0.710. The lowest BCUT2D eigenvalue weighted by atomic mass is 10.1. The molecule has 2 aromatic heterocycles. The normalized spacial score (nSPS) is 10.6. The van der Waals surface area contributed by atoms with Gasteiger partial charge in [0.1, 0.15) is 12.5 Å². The minimum Gasteiger partial charge on any atom is -0.471 e. The number of nitrogens with zero attached hydrogens (tertiary/aromatic N) is 1. The number of Topliss-reactive ketones (excluding diaryl/α,β-unsaturated/α-hetero) is 2. The Morgan fingerprint density at radius 1 is 1.47 bits per heavy atom. The molecule has 0 spiro atoms. The second-order valence-corrected chi connectivity index (χ2v) is 6.19. The van der Waals surface area contributed by atoms with Gasteiger partial charge in [-0.3, -0.25) is 14.0 Å². The average Bonchev–Trinajstić information content (AvgIpc) is 2.97. The van der Waals surface area contributed by atoms with Crippen LogP contribution in [-0.2, 0) is 0 Å². The van der Waals surface area contributed by atoms with Crippen LogP contribution in [0.5, 0.6) is 0 Å². The Morgan fingerprint density at radius 2 is 2.21 bits per heavy atom. The zero-order valence-electron chi connectivity index (χ0n) is 9.97. The first-order valence-electron chi connectivity index (χ1n) is 5.36. The zero-order valence-corrected chi connectivity index (χ0v) is 12.4. The minimum atomic E-state index is -0.173. The van der Waals surface area contributed by atoms with Crippen molar-refractivity contribution in [2.24, 2.45) is 0 Å². The van der Waals surface area contributed by atoms with Crippen molar-refractivity contribution in [1.82, 2.24) is 9.36 Å². The molecule has 0 unspecified atom stereocenters. The summed E-state index contributed by atoms with van der Waals surface area (Å²) >= 11 is 7.59. The van der Waals surface area contributed by atoms with Crippen molar-refractivity contribution in [3.8, 4) is 0 Å². The summed E-state index contributed by atoms with van der Waals surface area (Å²) in [4.78, 5) is 27.3. The number of aromatic amines is 1. The van der Waals surface area contributed by atoms with Gasteiger partial charge < -0.3 is 4.42 Å². The van der Waals surface area contributed by atoms with Crippen LogP contribution >= 0.6 is 35.5 Å². The van der Waals surface area contributed by atoms with Crippen molar-refractivity contribution in [1.29, 1.82) is 0 Å². The van der Waals surface area contributed by atoms with Crippen LogP contribution in [0.2, 0.25) is 0 Å². The molecule has 8 heteroatoms. The van der Waals surface area contributed by atoms with E-state index in [-0.39, 0.29) is 11.6 Å². The largest absolute Gasteiger partial charge is 0.471 e. The maximum atomic E-state index is 12.0. The number of H-pyrrole nitrogens is 1. The molecule has 2 aromatic rings. The Balaban J connectivity index is 1.92. The van der Waals surface area contributed by atoms with E-state index in [0.717, 1.165) is 0 Å². The first kappa shape index (κ1) is 14.2. The highest BCUT2D eigenvalue weighted by molar-refractivity contribution is 7.99. The van der Waals surface area contributed by atoms with Crippen molar-refractivity contribution in [3.63, 3.8) is 0 Å². The third kappa shape index (κ3) is 3.62. The molecule has 0 fully saturated rings. The third-order valence-electron chi connectivity index (χ3n) is 2.33. The van der Waals surface area contributed by atoms with Gasteiger partial charge in [0.15, 0.2) is 20.7 Å². The molecule has 0 aliphatic heterocycles. The monoisotopic (exact) mass is 314 g/mol. The predicted molar refractivity (Wildman–Crippen MR) is 75.7 cm³/mol. The van der Waals surface area contributed by atoms with Crippen LogP contribution in [0, 0.1) is 3.95 Å². The highest BCUT2D eigenvalue weighted by atomic mass is 32.2. The molecule has 19 heavy (non-hydrogen) atoms. The van der Waals surface area contributed by atoms with Gasteiger partial charge in [0, 0.05) is 12.2 Å². The van der Waals surface area contributed by atoms with Crippen molar-refractivity contribution >= 4 is 47.1 Å². The lowest BCUT2D eigenvalue weighted by Crippen LogP contribution is -2.05. The van der Waals surface area contributed by atoms with E-state index in [2.05, 4.69) is 9.36 Å². The van der Waals surface area contributed by atoms with E-state index in [9.17, 15) is 9.59 Å². The Labute approximate surface area is 122 Å². The minimum absolute atomic E-state index is 0.111. The molecular weight excluding hydrogens is 304 g/mol. The van der Waals surface area contributed by atoms with Gasteiger partial charge in [0.2, 0.25) is 0 Å². The van der Waals surface area contributed by atoms with Crippen LogP contribution in [-0.4, -0.2) is 26.7 Å². The number of rotatable bonds is 6. The SMILES string of the molecule is CC(=O)c1cocc1C(=O)CCSc1nc(=S)s[nH]1. The Bertz CT molecular complexity index is 656. The number of hydrogen-bond acceptors (Lipinski definition) is 7. The smallest absolute Gasteiger partial charge is 0.198 e. The van der Waals surface area contributed by atoms with Crippen LogP contribution in [0.4, 0.5) is 0 Å². The molecule has 0 radical (unpaired) electrons. The van der Waals surface area contributed by atoms with Crippen LogP contribution in [0.1, 0.15) is 34.1 Å². The molecule has 0 aromatic carbocycles. The van der Waals surface area contributed by atoms with Crippen LogP contribution < -0.4 is 0 Å². The number of thioether (sulfide) groups is 1. The summed E-state index contributed by atoms with van der Waals surface area (Å²) in [6.07, 6.45) is 2.93. The van der Waals surface area contributed by atoms with Crippen molar-refractivity contribution in [2.75, 3.05) is 5.75 Å². The van der Waals surface area contributed by atoms with Crippen LogP contribution in [0.3, 0.4) is 0 Å². The summed E-state index contributed by atoms with van der Waals surface area (Å²) in [6, 6.07) is 0. The molecule has 0 amide bonds. The Kier molecular flexibility index (Phi) is 4.67. The molecule has 2 heterocycles. The van der Waals surface area contributed by atoms with Gasteiger partial charge in [-0.25, -0.2) is 4.98 Å². The molecule has 0 saturated carbocycles. The van der Waals surface area contributed by atoms with Crippen molar-refractivity contribution in [2.45, 2.75) is 18.5 Å². The third-order valence-corrected chi connectivity index (χ3v) is 4.23. The van der Waals surface area contributed by atoms with E-state index in [1.54, 1.807) is 0 Å². The number of ketones is 2. The molecule has 100 valence electrons. The lowest BCUT2D eigenvalue weighted by Gasteiger charge is -1.99. The molecule has 0 aliphatic carbocycles. The number of hydrogen-bond donors (Lipinski definition) is 1. The fourth-order valence-corrected chi connectivity index (χ4v) is 3.12. The van der Waals surface area contributed by atoms with E-state index in [0.29, 0.717) is 32.4 Å². The molecule has 2 rings (SSSR count). The van der Waals surface area contributed by atoms with E-state index in [4.69, 9.17) is 16.6 Å². The van der Waals surface area contributed by atoms with Crippen molar-refractivity contribution < 1.29 is 14.0 Å². The molecule has 0 aliphatic rings. The molecular formula is C11H10N2O3S3. The number of carbonyl (C=O) groups is 2. The van der Waals surface area contributed by atoms with E-state index in [1.165, 1.54) is 42.7 Å². The summed E-state index contributed by atoms with van der Waals surface area (Å²) in [5.41, 5.74) is 0.683. The molecule has 0 bridgehead atoms. The first-order valence-corrected chi connectivity index (χ1v) is 7.57. The maximum Gasteiger partial charge on any atom is 0.198 e. The maximum absolute atomic E-state index is 12.0. The quantitative estimate of drug-likeness (QED) is 0.500. The van der Waals surface area contributed by atoms with Gasteiger partial charge in [-0.1, -0.05) is 11.8 Å². The van der Waals surface area contributed by atoms with Gasteiger partial charge in [0.25, 0.3) is 0 Å². The van der Waals surface area contributed by atoms with Gasteiger partial charge in [0.05, 0.1) is 11.1 Å². The summed E-state index contributed by atoms with van der Waals surface area (Å²) in [7, 11) is 0. The van der Waals surface area contributed by atoms with E-state index >= 15 is 0 Å². The molecule has 0 atom stereocenters. The predicted octanol–water partition coefficient (Wildman–Crippen LogP) is 3.36. The Hall–Kier alpha value is -1.25. The standard InChI is InChI=1S/C11H10N2O3S3/c1-6(14)7-4-16-5-8(7)9(15)2-3-18-10-12-11(17)19-13-10/h4-5H,2-3H2,1H3,(H,12,13,17). The fourth-order valence-electron chi connectivity index (χ4n) is 1.44. The topological polar surface area (TPSA) is 76.0 Å². The second kappa shape index (κ2) is 6.27. The second-order valence-electron chi connectivity index (χ2n) is 3.66. The molecule has 1 N–H and O–H groups in total. The molecule has 5 nitrogen and oxygen atoms in total. The fraction of sp³-hybridized carbons (Fsp3) is 0.273. The van der Waals surface area contributed by atoms with Gasteiger partial charge in [-0.05, 0) is 30.7 Å². The summed E-state index contributed by atoms with van der Waals surface area (Å²) < 4.78 is 8.41. The highest BCUT2D eigenvalue weighted by Crippen LogP contribution is 2.19. The number of furan rings is 1. The van der Waals surface area contributed by atoms with Gasteiger partial charge >= 0.3 is 0 Å². The number of carbonyl (C=O) groups excluding carboxylic acids is 2. The lowest BCUT2D eigenvalue weighted by molar-refractivity contribution is 0.0967. The van der Waals surface area contributed by atoms with Crippen LogP contribution in [0.15, 0.2) is 22.1 Å². The highest BCUT2D eigenvalue weighted by Gasteiger charge is 2.16.